The maximum absolute atomic E-state index is 13.5. The standard InChI is InChI=1S/C14H15FN2O/c1-17(9-11-5-2-3-6-12(11)15)13(18)14(10-16)7-4-8-14/h2-3,5-6H,4,7-9H2,1H3. The summed E-state index contributed by atoms with van der Waals surface area (Å²) >= 11 is 0. The van der Waals surface area contributed by atoms with Gasteiger partial charge in [-0.25, -0.2) is 4.39 Å². The molecule has 4 heteroatoms. The molecule has 2 rings (SSSR count). The smallest absolute Gasteiger partial charge is 0.243 e. The Bertz CT molecular complexity index is 503. The minimum absolute atomic E-state index is 0.195. The van der Waals surface area contributed by atoms with Crippen molar-refractivity contribution in [3.63, 3.8) is 0 Å². The van der Waals surface area contributed by atoms with Crippen LogP contribution in [0.15, 0.2) is 24.3 Å². The van der Waals surface area contributed by atoms with Crippen LogP contribution >= 0.6 is 0 Å². The predicted octanol–water partition coefficient (Wildman–Crippen LogP) is 2.48. The molecule has 1 aromatic carbocycles. The largest absolute Gasteiger partial charge is 0.340 e. The van der Waals surface area contributed by atoms with Gasteiger partial charge in [0.05, 0.1) is 6.07 Å². The molecule has 1 amide bonds. The first-order chi connectivity index (χ1) is 8.59. The first kappa shape index (κ1) is 12.6. The molecule has 94 valence electrons. The van der Waals surface area contributed by atoms with Gasteiger partial charge in [0.2, 0.25) is 5.91 Å². The molecule has 0 unspecified atom stereocenters. The number of hydrogen-bond donors (Lipinski definition) is 0. The van der Waals surface area contributed by atoms with Gasteiger partial charge >= 0.3 is 0 Å². The fraction of sp³-hybridized carbons (Fsp3) is 0.429. The number of amides is 1. The van der Waals surface area contributed by atoms with Crippen molar-refractivity contribution in [2.45, 2.75) is 25.8 Å². The topological polar surface area (TPSA) is 44.1 Å². The summed E-state index contributed by atoms with van der Waals surface area (Å²) in [6.45, 7) is 0.203. The van der Waals surface area contributed by atoms with E-state index in [0.29, 0.717) is 18.4 Å². The summed E-state index contributed by atoms with van der Waals surface area (Å²) in [5, 5.41) is 9.10. The Balaban J connectivity index is 2.09. The molecule has 0 N–H and O–H groups in total. The molecule has 1 aliphatic carbocycles. The highest BCUT2D eigenvalue weighted by Crippen LogP contribution is 2.41. The number of carbonyl (C=O) groups excluding carboxylic acids is 1. The van der Waals surface area contributed by atoms with E-state index in [2.05, 4.69) is 6.07 Å². The molecule has 0 radical (unpaired) electrons. The Morgan fingerprint density at radius 3 is 2.67 bits per heavy atom. The highest BCUT2D eigenvalue weighted by molar-refractivity contribution is 5.86. The van der Waals surface area contributed by atoms with E-state index in [4.69, 9.17) is 5.26 Å². The third-order valence-electron chi connectivity index (χ3n) is 3.54. The molecule has 0 aromatic heterocycles. The van der Waals surface area contributed by atoms with Gasteiger partial charge in [-0.2, -0.15) is 5.26 Å². The number of benzene rings is 1. The molecule has 0 bridgehead atoms. The summed E-state index contributed by atoms with van der Waals surface area (Å²) in [6.07, 6.45) is 2.14. The van der Waals surface area contributed by atoms with Crippen LogP contribution < -0.4 is 0 Å². The zero-order chi connectivity index (χ0) is 13.2. The molecular formula is C14H15FN2O. The average molecular weight is 246 g/mol. The molecule has 0 saturated heterocycles. The minimum Gasteiger partial charge on any atom is -0.340 e. The fourth-order valence-electron chi connectivity index (χ4n) is 2.22. The molecule has 3 nitrogen and oxygen atoms in total. The van der Waals surface area contributed by atoms with Crippen molar-refractivity contribution in [3.05, 3.63) is 35.6 Å². The van der Waals surface area contributed by atoms with Gasteiger partial charge in [-0.15, -0.1) is 0 Å². The highest BCUT2D eigenvalue weighted by atomic mass is 19.1. The zero-order valence-corrected chi connectivity index (χ0v) is 10.3. The summed E-state index contributed by atoms with van der Waals surface area (Å²) in [6, 6.07) is 8.49. The van der Waals surface area contributed by atoms with Crippen LogP contribution in [0.25, 0.3) is 0 Å². The Morgan fingerprint density at radius 2 is 2.17 bits per heavy atom. The van der Waals surface area contributed by atoms with Crippen LogP contribution in [0.2, 0.25) is 0 Å². The average Bonchev–Trinajstić information content (AvgIpc) is 2.31. The van der Waals surface area contributed by atoms with Crippen molar-refractivity contribution in [2.75, 3.05) is 7.05 Å². The van der Waals surface area contributed by atoms with Crippen molar-refractivity contribution in [1.82, 2.24) is 4.90 Å². The van der Waals surface area contributed by atoms with Crippen LogP contribution in [0.4, 0.5) is 4.39 Å². The normalized spacial score (nSPS) is 16.5. The molecule has 0 aliphatic heterocycles. The highest BCUT2D eigenvalue weighted by Gasteiger charge is 2.46. The Hall–Kier alpha value is -1.89. The number of halogens is 1. The third kappa shape index (κ3) is 2.08. The van der Waals surface area contributed by atoms with Gasteiger partial charge in [0.25, 0.3) is 0 Å². The van der Waals surface area contributed by atoms with Crippen LogP contribution in [0.1, 0.15) is 24.8 Å². The van der Waals surface area contributed by atoms with Gasteiger partial charge in [-0.05, 0) is 25.3 Å². The van der Waals surface area contributed by atoms with E-state index < -0.39 is 5.41 Å². The van der Waals surface area contributed by atoms with Gasteiger partial charge in [0, 0.05) is 19.2 Å². The van der Waals surface area contributed by atoms with Crippen molar-refractivity contribution in [2.24, 2.45) is 5.41 Å². The molecule has 18 heavy (non-hydrogen) atoms. The first-order valence-corrected chi connectivity index (χ1v) is 5.99. The van der Waals surface area contributed by atoms with E-state index >= 15 is 0 Å². The second kappa shape index (κ2) is 4.77. The summed E-state index contributed by atoms with van der Waals surface area (Å²) in [7, 11) is 1.62. The van der Waals surface area contributed by atoms with Crippen molar-refractivity contribution in [3.8, 4) is 6.07 Å². The summed E-state index contributed by atoms with van der Waals surface area (Å²) in [5.74, 6) is -0.517. The van der Waals surface area contributed by atoms with E-state index in [1.54, 1.807) is 25.2 Å². The van der Waals surface area contributed by atoms with E-state index in [1.165, 1.54) is 11.0 Å². The van der Waals surface area contributed by atoms with Crippen LogP contribution in [-0.2, 0) is 11.3 Å². The number of nitriles is 1. The van der Waals surface area contributed by atoms with E-state index in [0.717, 1.165) is 6.42 Å². The number of carbonyl (C=O) groups is 1. The van der Waals surface area contributed by atoms with Gasteiger partial charge < -0.3 is 4.90 Å². The number of nitrogens with zero attached hydrogens (tertiary/aromatic N) is 2. The summed E-state index contributed by atoms with van der Waals surface area (Å²) < 4.78 is 13.5. The third-order valence-corrected chi connectivity index (χ3v) is 3.54. The molecule has 1 aromatic rings. The quantitative estimate of drug-likeness (QED) is 0.822. The lowest BCUT2D eigenvalue weighted by Crippen LogP contribution is -2.45. The van der Waals surface area contributed by atoms with Crippen LogP contribution in [0, 0.1) is 22.6 Å². The van der Waals surface area contributed by atoms with Gasteiger partial charge in [-0.3, -0.25) is 4.79 Å². The summed E-state index contributed by atoms with van der Waals surface area (Å²) in [5.41, 5.74) is -0.388. The lowest BCUT2D eigenvalue weighted by atomic mass is 9.69. The maximum Gasteiger partial charge on any atom is 0.243 e. The number of hydrogen-bond acceptors (Lipinski definition) is 2. The van der Waals surface area contributed by atoms with Gasteiger partial charge in [0.15, 0.2) is 0 Å². The summed E-state index contributed by atoms with van der Waals surface area (Å²) in [4.78, 5) is 13.6. The molecule has 0 heterocycles. The molecule has 1 fully saturated rings. The Kier molecular flexibility index (Phi) is 3.33. The second-order valence-corrected chi connectivity index (χ2v) is 4.80. The first-order valence-electron chi connectivity index (χ1n) is 5.99. The molecule has 1 saturated carbocycles. The lowest BCUT2D eigenvalue weighted by molar-refractivity contribution is -0.142. The second-order valence-electron chi connectivity index (χ2n) is 4.80. The SMILES string of the molecule is CN(Cc1ccccc1F)C(=O)C1(C#N)CCC1. The maximum atomic E-state index is 13.5. The Labute approximate surface area is 106 Å². The van der Waals surface area contributed by atoms with Crippen LogP contribution in [-0.4, -0.2) is 17.9 Å². The molecule has 0 atom stereocenters. The van der Waals surface area contributed by atoms with Gasteiger partial charge in [-0.1, -0.05) is 18.2 Å². The molecule has 1 aliphatic rings. The van der Waals surface area contributed by atoms with Crippen molar-refractivity contribution < 1.29 is 9.18 Å². The predicted molar refractivity (Wildman–Crippen MR) is 64.8 cm³/mol. The molecular weight excluding hydrogens is 231 g/mol. The number of rotatable bonds is 3. The van der Waals surface area contributed by atoms with Crippen LogP contribution in [0.5, 0.6) is 0 Å². The fourth-order valence-corrected chi connectivity index (χ4v) is 2.22. The van der Waals surface area contributed by atoms with E-state index in [-0.39, 0.29) is 18.3 Å². The molecule has 0 spiro atoms. The lowest BCUT2D eigenvalue weighted by Gasteiger charge is -2.36. The monoisotopic (exact) mass is 246 g/mol. The van der Waals surface area contributed by atoms with E-state index in [9.17, 15) is 9.18 Å². The minimum atomic E-state index is -0.861. The van der Waals surface area contributed by atoms with Crippen LogP contribution in [0.3, 0.4) is 0 Å². The van der Waals surface area contributed by atoms with E-state index in [1.807, 2.05) is 0 Å². The van der Waals surface area contributed by atoms with Crippen molar-refractivity contribution in [1.29, 1.82) is 5.26 Å². The van der Waals surface area contributed by atoms with Gasteiger partial charge in [0.1, 0.15) is 11.2 Å². The zero-order valence-electron chi connectivity index (χ0n) is 10.3. The van der Waals surface area contributed by atoms with Crippen molar-refractivity contribution >= 4 is 5.91 Å². The Morgan fingerprint density at radius 1 is 1.50 bits per heavy atom.